The second-order valence-corrected chi connectivity index (χ2v) is 6.42. The number of carbonyl (C=O) groups is 1. The highest BCUT2D eigenvalue weighted by molar-refractivity contribution is 5.84. The second kappa shape index (κ2) is 5.51. The van der Waals surface area contributed by atoms with Gasteiger partial charge in [-0.3, -0.25) is 4.79 Å². The Hall–Kier alpha value is -0.370. The molecule has 0 saturated heterocycles. The molecule has 0 amide bonds. The first-order valence-corrected chi connectivity index (χ1v) is 7.22. The van der Waals surface area contributed by atoms with Gasteiger partial charge in [0, 0.05) is 5.92 Å². The Bertz CT molecular complexity index is 268. The van der Waals surface area contributed by atoms with Crippen molar-refractivity contribution in [1.82, 2.24) is 0 Å². The van der Waals surface area contributed by atoms with Crippen molar-refractivity contribution in [3.63, 3.8) is 0 Å². The number of Topliss-reactive ketones (excluding diaryl/α,β-unsaturated/α-hetero) is 1. The summed E-state index contributed by atoms with van der Waals surface area (Å²) in [5, 5.41) is 0. The third-order valence-electron chi connectivity index (χ3n) is 4.43. The fourth-order valence-corrected chi connectivity index (χ4v) is 3.02. The number of carbonyl (C=O) groups excluding carboxylic acids is 1. The molecule has 2 rings (SSSR count). The Balaban J connectivity index is 1.83. The van der Waals surface area contributed by atoms with Crippen molar-refractivity contribution in [2.24, 2.45) is 23.7 Å². The zero-order valence-corrected chi connectivity index (χ0v) is 11.4. The molecule has 3 unspecified atom stereocenters. The fraction of sp³-hybridized carbons (Fsp3) is 0.933. The molecule has 0 bridgehead atoms. The lowest BCUT2D eigenvalue weighted by molar-refractivity contribution is -0.130. The van der Waals surface area contributed by atoms with Crippen LogP contribution in [0.2, 0.25) is 0 Å². The van der Waals surface area contributed by atoms with E-state index in [2.05, 4.69) is 20.8 Å². The second-order valence-electron chi connectivity index (χ2n) is 6.42. The quantitative estimate of drug-likeness (QED) is 0.733. The molecule has 2 saturated carbocycles. The third-order valence-corrected chi connectivity index (χ3v) is 4.43. The zero-order valence-electron chi connectivity index (χ0n) is 11.4. The highest BCUT2D eigenvalue weighted by Gasteiger charge is 2.34. The van der Waals surface area contributed by atoms with Gasteiger partial charge in [0.15, 0.2) is 5.78 Å². The van der Waals surface area contributed by atoms with Gasteiger partial charge in [-0.15, -0.1) is 0 Å². The Morgan fingerprint density at radius 2 is 1.94 bits per heavy atom. The maximum absolute atomic E-state index is 11.7. The highest BCUT2D eigenvalue weighted by atomic mass is 16.5. The molecule has 2 fully saturated rings. The zero-order chi connectivity index (χ0) is 12.4. The molecule has 0 spiro atoms. The van der Waals surface area contributed by atoms with Gasteiger partial charge in [0.2, 0.25) is 0 Å². The van der Waals surface area contributed by atoms with Gasteiger partial charge >= 0.3 is 0 Å². The molecule has 98 valence electrons. The average molecular weight is 238 g/mol. The molecule has 0 heterocycles. The Morgan fingerprint density at radius 1 is 1.24 bits per heavy atom. The highest BCUT2D eigenvalue weighted by Crippen LogP contribution is 2.36. The van der Waals surface area contributed by atoms with Crippen molar-refractivity contribution in [3.8, 4) is 0 Å². The lowest BCUT2D eigenvalue weighted by Gasteiger charge is -2.37. The summed E-state index contributed by atoms with van der Waals surface area (Å²) in [7, 11) is 0. The molecule has 0 aromatic rings. The van der Waals surface area contributed by atoms with Gasteiger partial charge in [-0.05, 0) is 43.4 Å². The van der Waals surface area contributed by atoms with E-state index in [0.29, 0.717) is 36.2 Å². The minimum absolute atomic E-state index is 0.321. The van der Waals surface area contributed by atoms with Crippen LogP contribution in [0.3, 0.4) is 0 Å². The molecule has 0 N–H and O–H groups in total. The smallest absolute Gasteiger partial charge is 0.161 e. The molecule has 2 nitrogen and oxygen atoms in total. The summed E-state index contributed by atoms with van der Waals surface area (Å²) < 4.78 is 5.94. The SMILES string of the molecule is CC1CCC(C(C)C)C(OCC(=O)C2CC2)C1. The number of hydrogen-bond acceptors (Lipinski definition) is 2. The van der Waals surface area contributed by atoms with E-state index in [9.17, 15) is 4.79 Å². The van der Waals surface area contributed by atoms with Crippen LogP contribution in [-0.2, 0) is 9.53 Å². The first-order valence-electron chi connectivity index (χ1n) is 7.22. The predicted octanol–water partition coefficient (Wildman–Crippen LogP) is 3.44. The molecule has 0 radical (unpaired) electrons. The van der Waals surface area contributed by atoms with Crippen molar-refractivity contribution < 1.29 is 9.53 Å². The Labute approximate surface area is 105 Å². The summed E-state index contributed by atoms with van der Waals surface area (Å²) in [4.78, 5) is 11.7. The number of rotatable bonds is 5. The van der Waals surface area contributed by atoms with E-state index in [4.69, 9.17) is 4.74 Å². The van der Waals surface area contributed by atoms with Crippen molar-refractivity contribution in [2.75, 3.05) is 6.61 Å². The fourth-order valence-electron chi connectivity index (χ4n) is 3.02. The van der Waals surface area contributed by atoms with E-state index in [1.54, 1.807) is 0 Å². The van der Waals surface area contributed by atoms with Crippen LogP contribution in [0.5, 0.6) is 0 Å². The molecule has 0 aromatic carbocycles. The van der Waals surface area contributed by atoms with Gasteiger partial charge in [-0.25, -0.2) is 0 Å². The molecule has 2 aliphatic carbocycles. The molecule has 0 aromatic heterocycles. The topological polar surface area (TPSA) is 26.3 Å². The van der Waals surface area contributed by atoms with Gasteiger partial charge in [-0.2, -0.15) is 0 Å². The van der Waals surface area contributed by atoms with Gasteiger partial charge < -0.3 is 4.74 Å². The summed E-state index contributed by atoms with van der Waals surface area (Å²) in [6.07, 6.45) is 6.23. The largest absolute Gasteiger partial charge is 0.370 e. The first-order chi connectivity index (χ1) is 8.08. The van der Waals surface area contributed by atoms with Crippen molar-refractivity contribution >= 4 is 5.78 Å². The van der Waals surface area contributed by atoms with E-state index in [-0.39, 0.29) is 0 Å². The molecule has 0 aliphatic heterocycles. The van der Waals surface area contributed by atoms with E-state index in [0.717, 1.165) is 25.2 Å². The van der Waals surface area contributed by atoms with Crippen LogP contribution in [0.4, 0.5) is 0 Å². The van der Waals surface area contributed by atoms with Crippen molar-refractivity contribution in [1.29, 1.82) is 0 Å². The summed E-state index contributed by atoms with van der Waals surface area (Å²) in [5.41, 5.74) is 0. The first kappa shape index (κ1) is 13.1. The maximum Gasteiger partial charge on any atom is 0.161 e. The summed E-state index contributed by atoms with van der Waals surface area (Å²) >= 11 is 0. The molecule has 3 atom stereocenters. The number of ketones is 1. The van der Waals surface area contributed by atoms with Crippen molar-refractivity contribution in [2.45, 2.75) is 59.0 Å². The lowest BCUT2D eigenvalue weighted by Crippen LogP contribution is -2.35. The van der Waals surface area contributed by atoms with Crippen LogP contribution >= 0.6 is 0 Å². The third kappa shape index (κ3) is 3.54. The van der Waals surface area contributed by atoms with Crippen LogP contribution in [0.1, 0.15) is 52.9 Å². The van der Waals surface area contributed by atoms with Crippen LogP contribution in [0.15, 0.2) is 0 Å². The van der Waals surface area contributed by atoms with Gasteiger partial charge in [0.05, 0.1) is 6.10 Å². The molecule has 17 heavy (non-hydrogen) atoms. The standard InChI is InChI=1S/C15H26O2/c1-10(2)13-7-4-11(3)8-15(13)17-9-14(16)12-5-6-12/h10-13,15H,4-9H2,1-3H3. The van der Waals surface area contributed by atoms with Gasteiger partial charge in [0.25, 0.3) is 0 Å². The van der Waals surface area contributed by atoms with E-state index in [1.165, 1.54) is 12.8 Å². The summed E-state index contributed by atoms with van der Waals surface area (Å²) in [6.45, 7) is 7.22. The number of ether oxygens (including phenoxy) is 1. The Morgan fingerprint density at radius 3 is 2.53 bits per heavy atom. The van der Waals surface area contributed by atoms with Gasteiger partial charge in [0.1, 0.15) is 6.61 Å². The molecular weight excluding hydrogens is 212 g/mol. The lowest BCUT2D eigenvalue weighted by atomic mass is 9.75. The average Bonchev–Trinajstić information content (AvgIpc) is 3.09. The van der Waals surface area contributed by atoms with Crippen LogP contribution < -0.4 is 0 Å². The maximum atomic E-state index is 11.7. The summed E-state index contributed by atoms with van der Waals surface area (Å²) in [6, 6.07) is 0. The molecular formula is C15H26O2. The van der Waals surface area contributed by atoms with Crippen LogP contribution in [-0.4, -0.2) is 18.5 Å². The minimum atomic E-state index is 0.321. The normalized spacial score (nSPS) is 34.0. The summed E-state index contributed by atoms with van der Waals surface area (Å²) in [5.74, 6) is 2.76. The minimum Gasteiger partial charge on any atom is -0.370 e. The predicted molar refractivity (Wildman–Crippen MR) is 68.8 cm³/mol. The van der Waals surface area contributed by atoms with E-state index < -0.39 is 0 Å². The number of hydrogen-bond donors (Lipinski definition) is 0. The van der Waals surface area contributed by atoms with Gasteiger partial charge in [-0.1, -0.05) is 27.2 Å². The van der Waals surface area contributed by atoms with Crippen LogP contribution in [0.25, 0.3) is 0 Å². The van der Waals surface area contributed by atoms with E-state index in [1.807, 2.05) is 0 Å². The van der Waals surface area contributed by atoms with E-state index >= 15 is 0 Å². The molecule has 2 aliphatic rings. The molecule has 2 heteroatoms. The Kier molecular flexibility index (Phi) is 4.24. The van der Waals surface area contributed by atoms with Crippen LogP contribution in [0, 0.1) is 23.7 Å². The monoisotopic (exact) mass is 238 g/mol. The van der Waals surface area contributed by atoms with Crippen molar-refractivity contribution in [3.05, 3.63) is 0 Å².